The largest absolute Gasteiger partial charge is 0.393 e. The van der Waals surface area contributed by atoms with Crippen LogP contribution in [0.4, 0.5) is 13.2 Å². The summed E-state index contributed by atoms with van der Waals surface area (Å²) in [4.78, 5) is 3.98. The van der Waals surface area contributed by atoms with Crippen LogP contribution in [0, 0.1) is 0 Å². The predicted octanol–water partition coefficient (Wildman–Crippen LogP) is 5.95. The van der Waals surface area contributed by atoms with Crippen molar-refractivity contribution in [2.75, 3.05) is 7.05 Å². The van der Waals surface area contributed by atoms with Crippen LogP contribution < -0.4 is 5.32 Å². The summed E-state index contributed by atoms with van der Waals surface area (Å²) in [6.07, 6.45) is 1.01. The zero-order valence-corrected chi connectivity index (χ0v) is 18.5. The van der Waals surface area contributed by atoms with Crippen molar-refractivity contribution in [2.45, 2.75) is 57.0 Å². The molecule has 2 rings (SSSR count). The molecule has 2 nitrogen and oxygen atoms in total. The van der Waals surface area contributed by atoms with Crippen molar-refractivity contribution in [3.63, 3.8) is 0 Å². The maximum atomic E-state index is 12.4. The molecular weight excluding hydrogens is 396 g/mol. The monoisotopic (exact) mass is 428 g/mol. The summed E-state index contributed by atoms with van der Waals surface area (Å²) < 4.78 is 37.3. The second-order valence-corrected chi connectivity index (χ2v) is 8.22. The molecule has 0 aliphatic carbocycles. The third-order valence-corrected chi connectivity index (χ3v) is 5.68. The fourth-order valence-corrected chi connectivity index (χ4v) is 3.97. The molecule has 0 spiro atoms. The number of hydrogen-bond donors (Lipinski definition) is 1. The number of alkyl halides is 3. The van der Waals surface area contributed by atoms with Gasteiger partial charge in [0.1, 0.15) is 0 Å². The highest BCUT2D eigenvalue weighted by atomic mass is 19.4. The Morgan fingerprint density at radius 2 is 1.94 bits per heavy atom. The van der Waals surface area contributed by atoms with E-state index in [1.165, 1.54) is 16.7 Å². The molecule has 0 fully saturated rings. The Kier molecular flexibility index (Phi) is 8.96. The lowest BCUT2D eigenvalue weighted by molar-refractivity contribution is -0.134. The summed E-state index contributed by atoms with van der Waals surface area (Å²) in [5.41, 5.74) is 7.18. The number of aliphatic imine (C=N–C) groups is 1. The molecule has 0 saturated heterocycles. The summed E-state index contributed by atoms with van der Waals surface area (Å²) >= 11 is 0. The number of nitrogens with zero attached hydrogens (tertiary/aromatic N) is 1. The third-order valence-electron chi connectivity index (χ3n) is 5.68. The van der Waals surface area contributed by atoms with Gasteiger partial charge in [-0.05, 0) is 71.8 Å². The normalized spacial score (nSPS) is 15.8. The van der Waals surface area contributed by atoms with E-state index in [2.05, 4.69) is 48.8 Å². The quantitative estimate of drug-likeness (QED) is 0.263. The van der Waals surface area contributed by atoms with Gasteiger partial charge in [0.25, 0.3) is 0 Å². The van der Waals surface area contributed by atoms with E-state index in [4.69, 9.17) is 0 Å². The first kappa shape index (κ1) is 24.8. The second-order valence-electron chi connectivity index (χ2n) is 8.22. The number of fused-ring (bicyclic) bond motifs is 1. The van der Waals surface area contributed by atoms with Gasteiger partial charge in [0.05, 0.1) is 0 Å². The summed E-state index contributed by atoms with van der Waals surface area (Å²) in [7, 11) is 2.59. The summed E-state index contributed by atoms with van der Waals surface area (Å²) in [5, 5.41) is 3.20. The Hall–Kier alpha value is -2.50. The van der Waals surface area contributed by atoms with Crippen LogP contribution in [0.2, 0.25) is 0 Å². The van der Waals surface area contributed by atoms with E-state index in [1.807, 2.05) is 6.07 Å². The lowest BCUT2D eigenvalue weighted by Gasteiger charge is -2.28. The second kappa shape index (κ2) is 11.2. The minimum Gasteiger partial charge on any atom is -0.393 e. The van der Waals surface area contributed by atoms with Crippen LogP contribution >= 0.6 is 0 Å². The molecule has 1 aliphatic heterocycles. The number of hydrogen-bond acceptors (Lipinski definition) is 2. The first-order chi connectivity index (χ1) is 14.6. The van der Waals surface area contributed by atoms with E-state index >= 15 is 0 Å². The number of nitrogens with one attached hydrogen (secondary N) is 1. The highest BCUT2D eigenvalue weighted by Crippen LogP contribution is 2.30. The average Bonchev–Trinajstić information content (AvgIpc) is 2.71. The van der Waals surface area contributed by atoms with Crippen molar-refractivity contribution in [2.24, 2.45) is 4.99 Å². The van der Waals surface area contributed by atoms with Crippen LogP contribution in [0.25, 0.3) is 5.57 Å². The molecule has 1 heterocycles. The lowest BCUT2D eigenvalue weighted by Crippen LogP contribution is -2.40. The molecule has 0 amide bonds. The third kappa shape index (κ3) is 7.93. The van der Waals surface area contributed by atoms with E-state index in [1.54, 1.807) is 13.3 Å². The summed E-state index contributed by atoms with van der Waals surface area (Å²) in [6.45, 7) is 16.1. The van der Waals surface area contributed by atoms with E-state index in [0.29, 0.717) is 5.70 Å². The molecule has 1 N–H and O–H groups in total. The van der Waals surface area contributed by atoms with E-state index < -0.39 is 12.6 Å². The molecule has 1 atom stereocenters. The predicted molar refractivity (Wildman–Crippen MR) is 128 cm³/mol. The van der Waals surface area contributed by atoms with Crippen LogP contribution in [0.15, 0.2) is 66.4 Å². The molecule has 6 heteroatoms. The van der Waals surface area contributed by atoms with Crippen LogP contribution in [0.3, 0.4) is 0 Å². The van der Waals surface area contributed by atoms with Gasteiger partial charge in [-0.3, -0.25) is 4.99 Å². The fourth-order valence-electron chi connectivity index (χ4n) is 3.97. The summed E-state index contributed by atoms with van der Waals surface area (Å²) in [6, 6.07) is 6.27. The average molecular weight is 428 g/mol. The van der Waals surface area contributed by atoms with E-state index in [9.17, 15) is 13.2 Å². The maximum absolute atomic E-state index is 12.4. The highest BCUT2D eigenvalue weighted by Gasteiger charge is 2.28. The molecular formula is C25H32BF3N2. The Balaban J connectivity index is 1.92. The topological polar surface area (TPSA) is 24.4 Å². The van der Waals surface area contributed by atoms with Crippen molar-refractivity contribution >= 4 is 19.1 Å². The van der Waals surface area contributed by atoms with Crippen molar-refractivity contribution in [1.29, 1.82) is 0 Å². The first-order valence-electron chi connectivity index (χ1n) is 10.7. The van der Waals surface area contributed by atoms with Crippen LogP contribution in [0.5, 0.6) is 0 Å². The molecule has 0 radical (unpaired) electrons. The fraction of sp³-hybridized carbons (Fsp3) is 0.400. The van der Waals surface area contributed by atoms with Crippen molar-refractivity contribution in [3.8, 4) is 0 Å². The van der Waals surface area contributed by atoms with Gasteiger partial charge in [0.15, 0.2) is 7.28 Å². The molecule has 1 aromatic rings. The van der Waals surface area contributed by atoms with Crippen molar-refractivity contribution in [3.05, 3.63) is 78.0 Å². The van der Waals surface area contributed by atoms with Gasteiger partial charge in [-0.25, -0.2) is 0 Å². The molecule has 0 bridgehead atoms. The smallest absolute Gasteiger partial charge is 0.389 e. The molecule has 31 heavy (non-hydrogen) atoms. The number of halogens is 3. The molecule has 1 unspecified atom stereocenters. The first-order valence-corrected chi connectivity index (χ1v) is 10.7. The maximum Gasteiger partial charge on any atom is 0.389 e. The van der Waals surface area contributed by atoms with Gasteiger partial charge in [-0.15, -0.1) is 0 Å². The number of allylic oxidation sites excluding steroid dienone is 4. The zero-order valence-electron chi connectivity index (χ0n) is 18.5. The Bertz CT molecular complexity index is 868. The Labute approximate surface area is 185 Å². The molecule has 166 valence electrons. The zero-order chi connectivity index (χ0) is 23.0. The molecule has 0 aromatic heterocycles. The van der Waals surface area contributed by atoms with Gasteiger partial charge >= 0.3 is 6.18 Å². The van der Waals surface area contributed by atoms with Crippen LogP contribution in [0.1, 0.15) is 48.8 Å². The molecule has 0 saturated carbocycles. The van der Waals surface area contributed by atoms with E-state index in [-0.39, 0.29) is 12.4 Å². The molecule has 1 aromatic carbocycles. The van der Waals surface area contributed by atoms with Gasteiger partial charge in [0.2, 0.25) is 0 Å². The number of rotatable bonds is 11. The van der Waals surface area contributed by atoms with Crippen LogP contribution in [-0.4, -0.2) is 32.7 Å². The Morgan fingerprint density at radius 3 is 2.61 bits per heavy atom. The standard InChI is InChI=1S/C25H32BF3N2/c1-17(19(3)16-30-5)8-6-9-18(2)22-11-7-10-21-14-24(26-15-23(21)22)31-20(4)12-13-25(27,28)29/h7,10-11,16,24,26,31H,1-4,6,8-9,12-15H2,5H3/b30-16-. The van der Waals surface area contributed by atoms with Gasteiger partial charge in [0, 0.05) is 31.3 Å². The van der Waals surface area contributed by atoms with Gasteiger partial charge in [-0.1, -0.05) is 44.5 Å². The van der Waals surface area contributed by atoms with Gasteiger partial charge < -0.3 is 5.32 Å². The van der Waals surface area contributed by atoms with Gasteiger partial charge in [-0.2, -0.15) is 13.2 Å². The minimum atomic E-state index is -4.15. The SMILES string of the molecule is C=C(CCC(F)(F)F)NC1BCc2c(cccc2C(=C)CCCC(=C)C(=C)/C=N\C)C1. The summed E-state index contributed by atoms with van der Waals surface area (Å²) in [5.74, 6) is 0.117. The number of benzene rings is 1. The Morgan fingerprint density at radius 1 is 1.19 bits per heavy atom. The minimum absolute atomic E-state index is 0.0779. The lowest BCUT2D eigenvalue weighted by atomic mass is 9.57. The van der Waals surface area contributed by atoms with Crippen molar-refractivity contribution < 1.29 is 13.2 Å². The van der Waals surface area contributed by atoms with Crippen LogP contribution in [-0.2, 0) is 12.7 Å². The van der Waals surface area contributed by atoms with Crippen molar-refractivity contribution in [1.82, 2.24) is 5.32 Å². The molecule has 1 aliphatic rings. The highest BCUT2D eigenvalue weighted by molar-refractivity contribution is 6.38. The van der Waals surface area contributed by atoms with E-state index in [0.717, 1.165) is 56.0 Å².